The Balaban J connectivity index is 2.60. The molecule has 0 amide bonds. The van der Waals surface area contributed by atoms with Crippen LogP contribution in [0.15, 0.2) is 36.9 Å². The molecule has 0 aliphatic heterocycles. The molecule has 0 saturated heterocycles. The van der Waals surface area contributed by atoms with E-state index in [-0.39, 0.29) is 0 Å². The van der Waals surface area contributed by atoms with Crippen LogP contribution in [0.2, 0.25) is 0 Å². The number of benzene rings is 1. The molecule has 0 aliphatic rings. The van der Waals surface area contributed by atoms with E-state index in [2.05, 4.69) is 41.1 Å². The zero-order chi connectivity index (χ0) is 13.2. The molecule has 0 aromatic heterocycles. The molecule has 1 rings (SSSR count). The summed E-state index contributed by atoms with van der Waals surface area (Å²) in [5.41, 5.74) is 2.65. The Kier molecular flexibility index (Phi) is 7.34. The first kappa shape index (κ1) is 14.9. The van der Waals surface area contributed by atoms with Crippen molar-refractivity contribution >= 4 is 0 Å². The van der Waals surface area contributed by atoms with E-state index in [4.69, 9.17) is 4.74 Å². The molecule has 0 aliphatic carbocycles. The summed E-state index contributed by atoms with van der Waals surface area (Å²) in [5, 5.41) is 3.17. The lowest BCUT2D eigenvalue weighted by molar-refractivity contribution is 0.151. The molecule has 0 bridgehead atoms. The minimum absolute atomic E-state index is 0.754. The van der Waals surface area contributed by atoms with Crippen molar-refractivity contribution in [2.45, 2.75) is 13.1 Å². The lowest BCUT2D eigenvalue weighted by Gasteiger charge is -2.20. The van der Waals surface area contributed by atoms with Gasteiger partial charge in [-0.1, -0.05) is 30.3 Å². The van der Waals surface area contributed by atoms with Gasteiger partial charge in [0.2, 0.25) is 0 Å². The Bertz CT molecular complexity index is 352. The van der Waals surface area contributed by atoms with Gasteiger partial charge in [0.25, 0.3) is 0 Å². The minimum Gasteiger partial charge on any atom is -0.383 e. The fraction of sp³-hybridized carbons (Fsp3) is 0.467. The standard InChI is InChI=1S/C15H24N2O/c1-4-8-17(9-10-18-3)13-15-7-5-6-14(11-15)12-16-2/h4-7,11,16H,1,8-10,12-13H2,2-3H3. The van der Waals surface area contributed by atoms with Crippen molar-refractivity contribution in [1.82, 2.24) is 10.2 Å². The predicted molar refractivity (Wildman–Crippen MR) is 76.6 cm³/mol. The van der Waals surface area contributed by atoms with Gasteiger partial charge in [-0.2, -0.15) is 0 Å². The topological polar surface area (TPSA) is 24.5 Å². The van der Waals surface area contributed by atoms with Crippen molar-refractivity contribution in [3.05, 3.63) is 48.0 Å². The second-order valence-corrected chi connectivity index (χ2v) is 4.37. The van der Waals surface area contributed by atoms with Crippen LogP contribution in [-0.4, -0.2) is 38.8 Å². The van der Waals surface area contributed by atoms with Crippen LogP contribution in [0.4, 0.5) is 0 Å². The summed E-state index contributed by atoms with van der Waals surface area (Å²) in [6, 6.07) is 8.68. The smallest absolute Gasteiger partial charge is 0.0589 e. The highest BCUT2D eigenvalue weighted by molar-refractivity contribution is 5.23. The lowest BCUT2D eigenvalue weighted by Crippen LogP contribution is -2.27. The first-order valence-corrected chi connectivity index (χ1v) is 6.34. The fourth-order valence-electron chi connectivity index (χ4n) is 1.94. The van der Waals surface area contributed by atoms with Crippen molar-refractivity contribution in [2.75, 3.05) is 33.9 Å². The molecule has 100 valence electrons. The Hall–Kier alpha value is -1.16. The molecule has 1 N–H and O–H groups in total. The highest BCUT2D eigenvalue weighted by Gasteiger charge is 2.04. The predicted octanol–water partition coefficient (Wildman–Crippen LogP) is 2.04. The number of rotatable bonds is 9. The van der Waals surface area contributed by atoms with Crippen molar-refractivity contribution in [1.29, 1.82) is 0 Å². The summed E-state index contributed by atoms with van der Waals surface area (Å²) < 4.78 is 5.13. The van der Waals surface area contributed by atoms with Gasteiger partial charge in [0.05, 0.1) is 6.61 Å². The van der Waals surface area contributed by atoms with Crippen molar-refractivity contribution in [3.8, 4) is 0 Å². The molecular formula is C15H24N2O. The second-order valence-electron chi connectivity index (χ2n) is 4.37. The highest BCUT2D eigenvalue weighted by Crippen LogP contribution is 2.08. The second kappa shape index (κ2) is 8.86. The average Bonchev–Trinajstić information content (AvgIpc) is 2.37. The summed E-state index contributed by atoms with van der Waals surface area (Å²) in [7, 11) is 3.70. The molecule has 0 spiro atoms. The monoisotopic (exact) mass is 248 g/mol. The molecule has 0 saturated carbocycles. The molecule has 1 aromatic rings. The van der Waals surface area contributed by atoms with Crippen LogP contribution in [0.1, 0.15) is 11.1 Å². The molecule has 0 heterocycles. The van der Waals surface area contributed by atoms with E-state index >= 15 is 0 Å². The summed E-state index contributed by atoms with van der Waals surface area (Å²) in [6.45, 7) is 8.22. The molecule has 3 nitrogen and oxygen atoms in total. The SMILES string of the molecule is C=CCN(CCOC)Cc1cccc(CNC)c1. The van der Waals surface area contributed by atoms with Crippen LogP contribution in [0.5, 0.6) is 0 Å². The number of hydrogen-bond donors (Lipinski definition) is 1. The minimum atomic E-state index is 0.754. The normalized spacial score (nSPS) is 10.8. The average molecular weight is 248 g/mol. The molecule has 18 heavy (non-hydrogen) atoms. The third-order valence-electron chi connectivity index (χ3n) is 2.78. The zero-order valence-corrected chi connectivity index (χ0v) is 11.5. The van der Waals surface area contributed by atoms with Crippen LogP contribution in [0, 0.1) is 0 Å². The maximum atomic E-state index is 5.13. The van der Waals surface area contributed by atoms with Crippen molar-refractivity contribution < 1.29 is 4.74 Å². The van der Waals surface area contributed by atoms with Gasteiger partial charge in [-0.05, 0) is 18.2 Å². The van der Waals surface area contributed by atoms with E-state index in [0.29, 0.717) is 0 Å². The van der Waals surface area contributed by atoms with Crippen LogP contribution >= 0.6 is 0 Å². The molecule has 0 fully saturated rings. The quantitative estimate of drug-likeness (QED) is 0.677. The number of nitrogens with zero attached hydrogens (tertiary/aromatic N) is 1. The van der Waals surface area contributed by atoms with Crippen molar-refractivity contribution in [3.63, 3.8) is 0 Å². The Morgan fingerprint density at radius 3 is 2.83 bits per heavy atom. The maximum absolute atomic E-state index is 5.13. The van der Waals surface area contributed by atoms with Gasteiger partial charge in [-0.3, -0.25) is 4.90 Å². The van der Waals surface area contributed by atoms with E-state index in [1.54, 1.807) is 7.11 Å². The Labute approximate surface area is 110 Å². The highest BCUT2D eigenvalue weighted by atomic mass is 16.5. The number of nitrogens with one attached hydrogen (secondary N) is 1. The molecule has 1 aromatic carbocycles. The first-order valence-electron chi connectivity index (χ1n) is 6.34. The Morgan fingerprint density at radius 2 is 2.17 bits per heavy atom. The maximum Gasteiger partial charge on any atom is 0.0589 e. The summed E-state index contributed by atoms with van der Waals surface area (Å²) in [4.78, 5) is 2.33. The van der Waals surface area contributed by atoms with Crippen molar-refractivity contribution in [2.24, 2.45) is 0 Å². The van der Waals surface area contributed by atoms with Gasteiger partial charge >= 0.3 is 0 Å². The molecular weight excluding hydrogens is 224 g/mol. The third kappa shape index (κ3) is 5.45. The summed E-state index contributed by atoms with van der Waals surface area (Å²) in [6.07, 6.45) is 1.94. The molecule has 3 heteroatoms. The van der Waals surface area contributed by atoms with E-state index in [1.807, 2.05) is 13.1 Å². The molecule has 0 unspecified atom stereocenters. The lowest BCUT2D eigenvalue weighted by atomic mass is 10.1. The largest absolute Gasteiger partial charge is 0.383 e. The van der Waals surface area contributed by atoms with Gasteiger partial charge < -0.3 is 10.1 Å². The fourth-order valence-corrected chi connectivity index (χ4v) is 1.94. The number of ether oxygens (including phenoxy) is 1. The third-order valence-corrected chi connectivity index (χ3v) is 2.78. The van der Waals surface area contributed by atoms with Gasteiger partial charge in [-0.15, -0.1) is 6.58 Å². The van der Waals surface area contributed by atoms with E-state index in [1.165, 1.54) is 11.1 Å². The summed E-state index contributed by atoms with van der Waals surface area (Å²) in [5.74, 6) is 0. The number of hydrogen-bond acceptors (Lipinski definition) is 3. The van der Waals surface area contributed by atoms with Crippen LogP contribution in [0.25, 0.3) is 0 Å². The molecule has 0 radical (unpaired) electrons. The molecule has 0 atom stereocenters. The van der Waals surface area contributed by atoms with Gasteiger partial charge in [0.1, 0.15) is 0 Å². The zero-order valence-electron chi connectivity index (χ0n) is 11.5. The summed E-state index contributed by atoms with van der Waals surface area (Å²) >= 11 is 0. The van der Waals surface area contributed by atoms with Crippen LogP contribution in [-0.2, 0) is 17.8 Å². The Morgan fingerprint density at radius 1 is 1.39 bits per heavy atom. The van der Waals surface area contributed by atoms with E-state index in [0.717, 1.165) is 32.8 Å². The van der Waals surface area contributed by atoms with E-state index in [9.17, 15) is 0 Å². The first-order chi connectivity index (χ1) is 8.80. The number of methoxy groups -OCH3 is 1. The van der Waals surface area contributed by atoms with Gasteiger partial charge in [0, 0.05) is 33.3 Å². The van der Waals surface area contributed by atoms with Crippen LogP contribution < -0.4 is 5.32 Å². The van der Waals surface area contributed by atoms with Gasteiger partial charge in [-0.25, -0.2) is 0 Å². The van der Waals surface area contributed by atoms with Gasteiger partial charge in [0.15, 0.2) is 0 Å². The van der Waals surface area contributed by atoms with E-state index < -0.39 is 0 Å². The van der Waals surface area contributed by atoms with Crippen LogP contribution in [0.3, 0.4) is 0 Å².